The molecule has 0 aliphatic rings. The monoisotopic (exact) mass is 397 g/mol. The van der Waals surface area contributed by atoms with Gasteiger partial charge in [0, 0.05) is 19.5 Å². The third-order valence-electron chi connectivity index (χ3n) is 4.14. The number of aryl methyl sites for hydroxylation is 1. The molecule has 0 saturated heterocycles. The van der Waals surface area contributed by atoms with E-state index in [-0.39, 0.29) is 12.5 Å². The summed E-state index contributed by atoms with van der Waals surface area (Å²) >= 11 is 0. The summed E-state index contributed by atoms with van der Waals surface area (Å²) < 4.78 is 21.3. The van der Waals surface area contributed by atoms with Gasteiger partial charge in [-0.1, -0.05) is 5.16 Å². The smallest absolute Gasteiger partial charge is 0.253 e. The minimum Gasteiger partial charge on any atom is -0.497 e. The molecular formula is C21H23N3O5. The summed E-state index contributed by atoms with van der Waals surface area (Å²) in [6.07, 6.45) is 0. The first kappa shape index (κ1) is 20.2. The molecule has 3 aromatic rings. The van der Waals surface area contributed by atoms with E-state index in [1.807, 2.05) is 24.3 Å². The Balaban J connectivity index is 1.45. The van der Waals surface area contributed by atoms with E-state index >= 15 is 0 Å². The number of hydrogen-bond acceptors (Lipinski definition) is 7. The first-order valence-corrected chi connectivity index (χ1v) is 9.09. The first-order chi connectivity index (χ1) is 14.0. The van der Waals surface area contributed by atoms with E-state index < -0.39 is 0 Å². The second kappa shape index (κ2) is 9.59. The summed E-state index contributed by atoms with van der Waals surface area (Å²) in [5.41, 5.74) is 0.569. The summed E-state index contributed by atoms with van der Waals surface area (Å²) in [6, 6.07) is 14.2. The maximum absolute atomic E-state index is 12.5. The highest BCUT2D eigenvalue weighted by Gasteiger charge is 2.12. The van der Waals surface area contributed by atoms with Gasteiger partial charge in [-0.2, -0.15) is 4.98 Å². The predicted octanol–water partition coefficient (Wildman–Crippen LogP) is 3.12. The lowest BCUT2D eigenvalue weighted by Crippen LogP contribution is -2.30. The normalized spacial score (nSPS) is 10.4. The van der Waals surface area contributed by atoms with Crippen LogP contribution in [0.3, 0.4) is 0 Å². The van der Waals surface area contributed by atoms with Gasteiger partial charge in [-0.15, -0.1) is 0 Å². The van der Waals surface area contributed by atoms with Crippen LogP contribution in [0.2, 0.25) is 0 Å². The molecule has 1 aromatic heterocycles. The average molecular weight is 397 g/mol. The standard InChI is InChI=1S/C21H23N3O5/c1-15-22-20(23-29-15)14-28-19-6-4-16(5-7-19)21(25)24(2)12-13-27-18-10-8-17(26-3)9-11-18/h4-11H,12-14H2,1-3H3. The fourth-order valence-corrected chi connectivity index (χ4v) is 2.54. The van der Waals surface area contributed by atoms with Crippen LogP contribution in [0.5, 0.6) is 17.2 Å². The molecule has 1 amide bonds. The van der Waals surface area contributed by atoms with Crippen molar-refractivity contribution >= 4 is 5.91 Å². The zero-order chi connectivity index (χ0) is 20.6. The van der Waals surface area contributed by atoms with E-state index in [0.29, 0.717) is 36.2 Å². The molecule has 0 N–H and O–H groups in total. The molecule has 0 atom stereocenters. The molecule has 0 aliphatic heterocycles. The number of rotatable bonds is 9. The first-order valence-electron chi connectivity index (χ1n) is 9.09. The van der Waals surface area contributed by atoms with Crippen molar-refractivity contribution in [2.75, 3.05) is 27.3 Å². The van der Waals surface area contributed by atoms with Crippen molar-refractivity contribution in [3.05, 3.63) is 65.8 Å². The highest BCUT2D eigenvalue weighted by molar-refractivity contribution is 5.94. The van der Waals surface area contributed by atoms with Crippen molar-refractivity contribution < 1.29 is 23.5 Å². The van der Waals surface area contributed by atoms with Crippen LogP contribution in [-0.2, 0) is 6.61 Å². The minimum atomic E-state index is -0.0938. The van der Waals surface area contributed by atoms with E-state index in [9.17, 15) is 4.79 Å². The molecule has 0 spiro atoms. The largest absolute Gasteiger partial charge is 0.497 e. The Morgan fingerprint density at radius 3 is 2.24 bits per heavy atom. The number of nitrogens with zero attached hydrogens (tertiary/aromatic N) is 3. The second-order valence-corrected chi connectivity index (χ2v) is 6.29. The average Bonchev–Trinajstić information content (AvgIpc) is 3.17. The molecule has 152 valence electrons. The van der Waals surface area contributed by atoms with Gasteiger partial charge in [0.1, 0.15) is 23.9 Å². The zero-order valence-corrected chi connectivity index (χ0v) is 16.6. The molecule has 0 radical (unpaired) electrons. The van der Waals surface area contributed by atoms with Gasteiger partial charge in [-0.25, -0.2) is 0 Å². The van der Waals surface area contributed by atoms with Crippen molar-refractivity contribution in [2.45, 2.75) is 13.5 Å². The number of benzene rings is 2. The quantitative estimate of drug-likeness (QED) is 0.548. The highest BCUT2D eigenvalue weighted by atomic mass is 16.5. The lowest BCUT2D eigenvalue weighted by Gasteiger charge is -2.18. The van der Waals surface area contributed by atoms with Crippen LogP contribution >= 0.6 is 0 Å². The van der Waals surface area contributed by atoms with Crippen molar-refractivity contribution in [3.8, 4) is 17.2 Å². The van der Waals surface area contributed by atoms with Gasteiger partial charge in [0.05, 0.1) is 13.7 Å². The third kappa shape index (κ3) is 5.71. The number of likely N-dealkylation sites (N-methyl/N-ethyl adjacent to an activating group) is 1. The Hall–Kier alpha value is -3.55. The van der Waals surface area contributed by atoms with Crippen molar-refractivity contribution in [1.82, 2.24) is 15.0 Å². The van der Waals surface area contributed by atoms with Gasteiger partial charge in [0.25, 0.3) is 5.91 Å². The Morgan fingerprint density at radius 1 is 1.00 bits per heavy atom. The molecule has 0 unspecified atom stereocenters. The van der Waals surface area contributed by atoms with Crippen molar-refractivity contribution in [1.29, 1.82) is 0 Å². The Bertz CT molecular complexity index is 922. The fourth-order valence-electron chi connectivity index (χ4n) is 2.54. The molecule has 8 nitrogen and oxygen atoms in total. The summed E-state index contributed by atoms with van der Waals surface area (Å²) in [5.74, 6) is 2.98. The molecule has 0 fully saturated rings. The number of amides is 1. The van der Waals surface area contributed by atoms with E-state index in [1.54, 1.807) is 50.2 Å². The van der Waals surface area contributed by atoms with Gasteiger partial charge in [0.15, 0.2) is 6.61 Å². The Labute approximate surface area is 169 Å². The van der Waals surface area contributed by atoms with Crippen LogP contribution in [0.15, 0.2) is 53.1 Å². The number of ether oxygens (including phenoxy) is 3. The van der Waals surface area contributed by atoms with Crippen LogP contribution in [0.1, 0.15) is 22.1 Å². The Morgan fingerprint density at radius 2 is 1.62 bits per heavy atom. The molecule has 0 saturated carbocycles. The van der Waals surface area contributed by atoms with Crippen molar-refractivity contribution in [3.63, 3.8) is 0 Å². The van der Waals surface area contributed by atoms with Gasteiger partial charge in [-0.05, 0) is 48.5 Å². The van der Waals surface area contributed by atoms with Gasteiger partial charge >= 0.3 is 0 Å². The maximum atomic E-state index is 12.5. The molecule has 0 bridgehead atoms. The number of methoxy groups -OCH3 is 1. The number of hydrogen-bond donors (Lipinski definition) is 0. The number of aromatic nitrogens is 2. The van der Waals surface area contributed by atoms with Crippen LogP contribution in [0.25, 0.3) is 0 Å². The fraction of sp³-hybridized carbons (Fsp3) is 0.286. The molecule has 2 aromatic carbocycles. The molecule has 1 heterocycles. The summed E-state index contributed by atoms with van der Waals surface area (Å²) in [4.78, 5) is 18.2. The molecule has 0 aliphatic carbocycles. The lowest BCUT2D eigenvalue weighted by molar-refractivity contribution is 0.0773. The summed E-state index contributed by atoms with van der Waals surface area (Å²) in [6.45, 7) is 2.77. The highest BCUT2D eigenvalue weighted by Crippen LogP contribution is 2.17. The van der Waals surface area contributed by atoms with E-state index in [4.69, 9.17) is 18.7 Å². The summed E-state index contributed by atoms with van der Waals surface area (Å²) in [5, 5.41) is 3.77. The van der Waals surface area contributed by atoms with E-state index in [0.717, 1.165) is 11.5 Å². The second-order valence-electron chi connectivity index (χ2n) is 6.29. The Kier molecular flexibility index (Phi) is 6.67. The maximum Gasteiger partial charge on any atom is 0.253 e. The van der Waals surface area contributed by atoms with Gasteiger partial charge in [0.2, 0.25) is 11.7 Å². The van der Waals surface area contributed by atoms with E-state index in [1.165, 1.54) is 0 Å². The summed E-state index contributed by atoms with van der Waals surface area (Å²) in [7, 11) is 3.35. The van der Waals surface area contributed by atoms with Gasteiger partial charge in [-0.3, -0.25) is 4.79 Å². The lowest BCUT2D eigenvalue weighted by atomic mass is 10.2. The topological polar surface area (TPSA) is 86.9 Å². The molecule has 3 rings (SSSR count). The molecule has 29 heavy (non-hydrogen) atoms. The van der Waals surface area contributed by atoms with Crippen LogP contribution in [0.4, 0.5) is 0 Å². The number of carbonyl (C=O) groups excluding carboxylic acids is 1. The van der Waals surface area contributed by atoms with Crippen LogP contribution in [0, 0.1) is 6.92 Å². The predicted molar refractivity (Wildman–Crippen MR) is 105 cm³/mol. The van der Waals surface area contributed by atoms with E-state index in [2.05, 4.69) is 10.1 Å². The van der Waals surface area contributed by atoms with Crippen LogP contribution < -0.4 is 14.2 Å². The molecular weight excluding hydrogens is 374 g/mol. The van der Waals surface area contributed by atoms with Crippen molar-refractivity contribution in [2.24, 2.45) is 0 Å². The van der Waals surface area contributed by atoms with Crippen LogP contribution in [-0.4, -0.2) is 48.3 Å². The third-order valence-corrected chi connectivity index (χ3v) is 4.14. The zero-order valence-electron chi connectivity index (χ0n) is 16.6. The SMILES string of the molecule is COc1ccc(OCCN(C)C(=O)c2ccc(OCc3noc(C)n3)cc2)cc1. The minimum absolute atomic E-state index is 0.0938. The number of carbonyl (C=O) groups is 1. The van der Waals surface area contributed by atoms with Gasteiger partial charge < -0.3 is 23.6 Å². The molecule has 8 heteroatoms.